The molecule has 1 unspecified atom stereocenters. The van der Waals surface area contributed by atoms with E-state index < -0.39 is 11.4 Å². The highest BCUT2D eigenvalue weighted by molar-refractivity contribution is 5.95. The number of ether oxygens (including phenoxy) is 1. The maximum Gasteiger partial charge on any atom is 0.311 e. The van der Waals surface area contributed by atoms with Crippen molar-refractivity contribution >= 4 is 11.9 Å². The minimum atomic E-state index is -0.844. The van der Waals surface area contributed by atoms with Crippen LogP contribution in [-0.2, 0) is 4.79 Å². The first-order valence-corrected chi connectivity index (χ1v) is 8.22. The fourth-order valence-corrected chi connectivity index (χ4v) is 2.73. The summed E-state index contributed by atoms with van der Waals surface area (Å²) < 4.78 is 5.63. The summed E-state index contributed by atoms with van der Waals surface area (Å²) in [4.78, 5) is 25.3. The van der Waals surface area contributed by atoms with E-state index in [4.69, 9.17) is 4.74 Å². The van der Waals surface area contributed by atoms with Gasteiger partial charge in [0.25, 0.3) is 5.91 Å². The van der Waals surface area contributed by atoms with Crippen molar-refractivity contribution in [1.82, 2.24) is 4.90 Å². The van der Waals surface area contributed by atoms with Crippen molar-refractivity contribution < 1.29 is 19.4 Å². The Labute approximate surface area is 137 Å². The molecule has 5 heteroatoms. The summed E-state index contributed by atoms with van der Waals surface area (Å²) >= 11 is 0. The lowest BCUT2D eigenvalue weighted by atomic mass is 9.90. The van der Waals surface area contributed by atoms with Crippen LogP contribution in [0.2, 0.25) is 0 Å². The highest BCUT2D eigenvalue weighted by Crippen LogP contribution is 2.31. The maximum atomic E-state index is 12.5. The van der Waals surface area contributed by atoms with Gasteiger partial charge in [-0.15, -0.1) is 0 Å². The summed E-state index contributed by atoms with van der Waals surface area (Å²) in [5.74, 6) is -0.203. The van der Waals surface area contributed by atoms with Crippen LogP contribution in [0.5, 0.6) is 5.75 Å². The van der Waals surface area contributed by atoms with Gasteiger partial charge < -0.3 is 14.7 Å². The van der Waals surface area contributed by atoms with Crippen LogP contribution in [0.3, 0.4) is 0 Å². The Morgan fingerprint density at radius 3 is 2.52 bits per heavy atom. The molecule has 5 nitrogen and oxygen atoms in total. The molecule has 0 aromatic heterocycles. The SMILES string of the molecule is CCCCCOc1ccc(C(=O)N2CCC(C)(C(=O)O)C2)cc1. The molecule has 1 aliphatic rings. The molecule has 1 N–H and O–H groups in total. The molecule has 1 aromatic carbocycles. The van der Waals surface area contributed by atoms with Crippen molar-refractivity contribution in [2.24, 2.45) is 5.41 Å². The van der Waals surface area contributed by atoms with E-state index in [0.29, 0.717) is 25.1 Å². The molecule has 0 bridgehead atoms. The first kappa shape index (κ1) is 17.3. The summed E-state index contributed by atoms with van der Waals surface area (Å²) in [7, 11) is 0. The van der Waals surface area contributed by atoms with Crippen LogP contribution in [0.1, 0.15) is 49.9 Å². The van der Waals surface area contributed by atoms with E-state index in [0.717, 1.165) is 25.0 Å². The van der Waals surface area contributed by atoms with Crippen molar-refractivity contribution in [3.05, 3.63) is 29.8 Å². The van der Waals surface area contributed by atoms with E-state index >= 15 is 0 Å². The molecule has 1 aromatic rings. The molecule has 1 amide bonds. The predicted octanol–water partition coefficient (Wildman–Crippen LogP) is 3.19. The van der Waals surface area contributed by atoms with Gasteiger partial charge in [0.05, 0.1) is 12.0 Å². The number of amides is 1. The zero-order valence-corrected chi connectivity index (χ0v) is 13.9. The molecule has 0 saturated carbocycles. The van der Waals surface area contributed by atoms with E-state index in [1.165, 1.54) is 0 Å². The topological polar surface area (TPSA) is 66.8 Å². The second-order valence-electron chi connectivity index (χ2n) is 6.42. The van der Waals surface area contributed by atoms with E-state index in [2.05, 4.69) is 6.92 Å². The summed E-state index contributed by atoms with van der Waals surface area (Å²) in [6.07, 6.45) is 3.82. The number of rotatable bonds is 7. The van der Waals surface area contributed by atoms with Gasteiger partial charge in [-0.2, -0.15) is 0 Å². The number of carboxylic acids is 1. The van der Waals surface area contributed by atoms with Gasteiger partial charge in [0.15, 0.2) is 0 Å². The molecule has 126 valence electrons. The van der Waals surface area contributed by atoms with Gasteiger partial charge in [0, 0.05) is 18.7 Å². The zero-order valence-electron chi connectivity index (χ0n) is 13.9. The minimum absolute atomic E-state index is 0.118. The third-order valence-electron chi connectivity index (χ3n) is 4.39. The fraction of sp³-hybridized carbons (Fsp3) is 0.556. The molecule has 1 aliphatic heterocycles. The van der Waals surface area contributed by atoms with E-state index in [1.54, 1.807) is 36.1 Å². The number of carbonyl (C=O) groups excluding carboxylic acids is 1. The van der Waals surface area contributed by atoms with Crippen LogP contribution in [0, 0.1) is 5.41 Å². The first-order valence-electron chi connectivity index (χ1n) is 8.22. The summed E-state index contributed by atoms with van der Waals surface area (Å²) in [6.45, 7) is 5.27. The van der Waals surface area contributed by atoms with Gasteiger partial charge in [-0.05, 0) is 44.0 Å². The largest absolute Gasteiger partial charge is 0.494 e. The highest BCUT2D eigenvalue weighted by Gasteiger charge is 2.42. The second kappa shape index (κ2) is 7.49. The van der Waals surface area contributed by atoms with Crippen LogP contribution < -0.4 is 4.74 Å². The second-order valence-corrected chi connectivity index (χ2v) is 6.42. The number of hydrogen-bond donors (Lipinski definition) is 1. The molecule has 0 spiro atoms. The van der Waals surface area contributed by atoms with Gasteiger partial charge in [0.1, 0.15) is 5.75 Å². The van der Waals surface area contributed by atoms with Crippen LogP contribution in [0.25, 0.3) is 0 Å². The Morgan fingerprint density at radius 2 is 1.96 bits per heavy atom. The molecule has 23 heavy (non-hydrogen) atoms. The van der Waals surface area contributed by atoms with Crippen LogP contribution in [0.15, 0.2) is 24.3 Å². The molecule has 1 heterocycles. The molecular weight excluding hydrogens is 294 g/mol. The van der Waals surface area contributed by atoms with Crippen molar-refractivity contribution in [2.75, 3.05) is 19.7 Å². The number of benzene rings is 1. The van der Waals surface area contributed by atoms with Gasteiger partial charge in [-0.25, -0.2) is 0 Å². The number of hydrogen-bond acceptors (Lipinski definition) is 3. The van der Waals surface area contributed by atoms with E-state index in [1.807, 2.05) is 0 Å². The third-order valence-corrected chi connectivity index (χ3v) is 4.39. The normalized spacial score (nSPS) is 20.5. The van der Waals surface area contributed by atoms with E-state index in [9.17, 15) is 14.7 Å². The quantitative estimate of drug-likeness (QED) is 0.784. The highest BCUT2D eigenvalue weighted by atomic mass is 16.5. The summed E-state index contributed by atoms with van der Waals surface area (Å²) in [5.41, 5.74) is -0.265. The fourth-order valence-electron chi connectivity index (χ4n) is 2.73. The van der Waals surface area contributed by atoms with Crippen LogP contribution in [-0.4, -0.2) is 41.6 Å². The summed E-state index contributed by atoms with van der Waals surface area (Å²) in [5, 5.41) is 9.25. The maximum absolute atomic E-state index is 12.5. The van der Waals surface area contributed by atoms with Crippen LogP contribution >= 0.6 is 0 Å². The Kier molecular flexibility index (Phi) is 5.64. The smallest absolute Gasteiger partial charge is 0.311 e. The predicted molar refractivity (Wildman–Crippen MR) is 87.7 cm³/mol. The molecule has 0 radical (unpaired) electrons. The molecule has 1 saturated heterocycles. The average molecular weight is 319 g/mol. The number of nitrogens with zero attached hydrogens (tertiary/aromatic N) is 1. The van der Waals surface area contributed by atoms with Gasteiger partial charge in [-0.1, -0.05) is 19.8 Å². The molecule has 1 atom stereocenters. The first-order chi connectivity index (χ1) is 11.0. The Hall–Kier alpha value is -2.04. The monoisotopic (exact) mass is 319 g/mol. The molecule has 1 fully saturated rings. The number of likely N-dealkylation sites (tertiary alicyclic amines) is 1. The Balaban J connectivity index is 1.92. The van der Waals surface area contributed by atoms with Gasteiger partial charge >= 0.3 is 5.97 Å². The zero-order chi connectivity index (χ0) is 16.9. The van der Waals surface area contributed by atoms with E-state index in [-0.39, 0.29) is 12.5 Å². The number of carbonyl (C=O) groups is 2. The van der Waals surface area contributed by atoms with Crippen molar-refractivity contribution in [3.8, 4) is 5.75 Å². The van der Waals surface area contributed by atoms with Crippen molar-refractivity contribution in [3.63, 3.8) is 0 Å². The molecule has 2 rings (SSSR count). The number of aliphatic carboxylic acids is 1. The van der Waals surface area contributed by atoms with Gasteiger partial charge in [-0.3, -0.25) is 9.59 Å². The van der Waals surface area contributed by atoms with Crippen molar-refractivity contribution in [1.29, 1.82) is 0 Å². The minimum Gasteiger partial charge on any atom is -0.494 e. The standard InChI is InChI=1S/C18H25NO4/c1-3-4-5-12-23-15-8-6-14(7-9-15)16(20)19-11-10-18(2,13-19)17(21)22/h6-9H,3-5,10-13H2,1-2H3,(H,21,22). The number of unbranched alkanes of at least 4 members (excludes halogenated alkanes) is 2. The van der Waals surface area contributed by atoms with Gasteiger partial charge in [0.2, 0.25) is 0 Å². The Morgan fingerprint density at radius 1 is 1.26 bits per heavy atom. The van der Waals surface area contributed by atoms with Crippen LogP contribution in [0.4, 0.5) is 0 Å². The lowest BCUT2D eigenvalue weighted by Crippen LogP contribution is -2.34. The number of carboxylic acid groups (broad SMARTS) is 1. The van der Waals surface area contributed by atoms with Crippen molar-refractivity contribution in [2.45, 2.75) is 39.5 Å². The lowest BCUT2D eigenvalue weighted by Gasteiger charge is -2.20. The third kappa shape index (κ3) is 4.24. The average Bonchev–Trinajstić information content (AvgIpc) is 2.95. The molecule has 0 aliphatic carbocycles. The molecular formula is C18H25NO4. The Bertz CT molecular complexity index is 555. The summed E-state index contributed by atoms with van der Waals surface area (Å²) in [6, 6.07) is 7.08. The lowest BCUT2D eigenvalue weighted by molar-refractivity contribution is -0.147.